The standard InChI is InChI=1S/C22H32O3.C15H14O3/c1-4-20(24)25-19-8-7-17-16-6-5-14-13-15(23)9-11-21(14,2)18(16)10-12-22(17,19)3;1-9(2)7-8-12-13(16)10-5-3-4-6-11(10)14(17)15(12)18/h13,16-19H,4-12H2,1-3H3;3-7,16H,8H2,1-2H3. The fourth-order valence-electron chi connectivity index (χ4n) is 8.86. The van der Waals surface area contributed by atoms with Crippen molar-refractivity contribution in [2.24, 2.45) is 28.6 Å². The van der Waals surface area contributed by atoms with E-state index in [9.17, 15) is 24.3 Å². The minimum atomic E-state index is -0.608. The molecule has 6 atom stereocenters. The molecule has 43 heavy (non-hydrogen) atoms. The van der Waals surface area contributed by atoms with Crippen LogP contribution < -0.4 is 0 Å². The molecule has 0 heterocycles. The molecule has 6 rings (SSSR count). The van der Waals surface area contributed by atoms with Gasteiger partial charge in [0.05, 0.1) is 0 Å². The van der Waals surface area contributed by atoms with E-state index in [0.717, 1.165) is 43.6 Å². The van der Waals surface area contributed by atoms with Crippen LogP contribution in [0.15, 0.2) is 53.1 Å². The number of hydrogen-bond acceptors (Lipinski definition) is 6. The zero-order valence-electron chi connectivity index (χ0n) is 26.3. The van der Waals surface area contributed by atoms with Gasteiger partial charge in [0.2, 0.25) is 11.6 Å². The molecule has 3 saturated carbocycles. The molecule has 6 heteroatoms. The van der Waals surface area contributed by atoms with E-state index in [1.54, 1.807) is 24.3 Å². The topological polar surface area (TPSA) is 97.7 Å². The number of allylic oxidation sites excluding steroid dienone is 4. The van der Waals surface area contributed by atoms with E-state index < -0.39 is 11.6 Å². The number of Topliss-reactive ketones (excluding diaryl/α,β-unsaturated/α-hetero) is 2. The smallest absolute Gasteiger partial charge is 0.305 e. The second-order valence-corrected chi connectivity index (χ2v) is 13.9. The number of carbonyl (C=O) groups is 4. The highest BCUT2D eigenvalue weighted by atomic mass is 16.5. The highest BCUT2D eigenvalue weighted by Gasteiger charge is 2.59. The van der Waals surface area contributed by atoms with Gasteiger partial charge >= 0.3 is 5.97 Å². The first-order valence-corrected chi connectivity index (χ1v) is 16.1. The quantitative estimate of drug-likeness (QED) is 0.219. The average Bonchev–Trinajstić information content (AvgIpc) is 3.32. The van der Waals surface area contributed by atoms with Gasteiger partial charge in [-0.05, 0) is 94.5 Å². The third-order valence-electron chi connectivity index (χ3n) is 11.3. The number of benzene rings is 1. The van der Waals surface area contributed by atoms with Crippen molar-refractivity contribution in [3.63, 3.8) is 0 Å². The van der Waals surface area contributed by atoms with Crippen LogP contribution in [0.3, 0.4) is 0 Å². The fourth-order valence-corrected chi connectivity index (χ4v) is 8.86. The molecule has 0 aliphatic heterocycles. The van der Waals surface area contributed by atoms with Crippen molar-refractivity contribution in [2.75, 3.05) is 0 Å². The summed E-state index contributed by atoms with van der Waals surface area (Å²) in [6.07, 6.45) is 13.4. The lowest BCUT2D eigenvalue weighted by Crippen LogP contribution is -2.51. The summed E-state index contributed by atoms with van der Waals surface area (Å²) in [5.74, 6) is 1.19. The first kappa shape index (κ1) is 31.2. The van der Waals surface area contributed by atoms with Crippen LogP contribution in [-0.2, 0) is 19.1 Å². The van der Waals surface area contributed by atoms with Gasteiger partial charge in [-0.3, -0.25) is 19.2 Å². The molecule has 1 N–H and O–H groups in total. The highest BCUT2D eigenvalue weighted by Crippen LogP contribution is 2.65. The lowest BCUT2D eigenvalue weighted by Gasteiger charge is -2.57. The van der Waals surface area contributed by atoms with Crippen molar-refractivity contribution in [3.05, 3.63) is 64.3 Å². The van der Waals surface area contributed by atoms with Crippen LogP contribution in [-0.4, -0.2) is 34.5 Å². The van der Waals surface area contributed by atoms with E-state index >= 15 is 0 Å². The third kappa shape index (κ3) is 5.58. The zero-order valence-corrected chi connectivity index (χ0v) is 26.3. The molecule has 6 unspecified atom stereocenters. The second-order valence-electron chi connectivity index (χ2n) is 13.9. The van der Waals surface area contributed by atoms with Gasteiger partial charge in [0.15, 0.2) is 5.78 Å². The molecule has 1 aromatic rings. The molecule has 5 aliphatic carbocycles. The minimum Gasteiger partial charge on any atom is -0.507 e. The molecule has 5 aliphatic rings. The number of aliphatic hydroxyl groups is 1. The monoisotopic (exact) mass is 586 g/mol. The number of hydrogen-bond donors (Lipinski definition) is 1. The molecule has 0 bridgehead atoms. The largest absolute Gasteiger partial charge is 0.507 e. The summed E-state index contributed by atoms with van der Waals surface area (Å²) in [4.78, 5) is 47.6. The van der Waals surface area contributed by atoms with Gasteiger partial charge in [0.1, 0.15) is 11.9 Å². The number of esters is 1. The molecule has 230 valence electrons. The van der Waals surface area contributed by atoms with E-state index in [1.807, 2.05) is 32.9 Å². The van der Waals surface area contributed by atoms with Crippen LogP contribution in [0.4, 0.5) is 0 Å². The van der Waals surface area contributed by atoms with Gasteiger partial charge < -0.3 is 9.84 Å². The maximum Gasteiger partial charge on any atom is 0.305 e. The summed E-state index contributed by atoms with van der Waals surface area (Å²) >= 11 is 0. The molecular weight excluding hydrogens is 540 g/mol. The van der Waals surface area contributed by atoms with E-state index in [1.165, 1.54) is 24.8 Å². The molecule has 3 fully saturated rings. The number of fused-ring (bicyclic) bond motifs is 6. The number of rotatable bonds is 4. The summed E-state index contributed by atoms with van der Waals surface area (Å²) in [5.41, 5.74) is 3.76. The Morgan fingerprint density at radius 2 is 1.67 bits per heavy atom. The van der Waals surface area contributed by atoms with Gasteiger partial charge in [-0.15, -0.1) is 0 Å². The average molecular weight is 587 g/mol. The predicted octanol–water partition coefficient (Wildman–Crippen LogP) is 7.92. The summed E-state index contributed by atoms with van der Waals surface area (Å²) in [6.45, 7) is 10.5. The Hall–Kier alpha value is -3.28. The van der Waals surface area contributed by atoms with Crippen molar-refractivity contribution in [1.29, 1.82) is 0 Å². The van der Waals surface area contributed by atoms with Crippen LogP contribution in [0.5, 0.6) is 0 Å². The van der Waals surface area contributed by atoms with E-state index in [4.69, 9.17) is 4.74 Å². The SMILES string of the molecule is CC(C)=CCC1=C(O)c2ccccc2C(=O)C1=O.CCC(=O)OC1CCC2C3CCC4=CC(=O)CCC4(C)C3CCC12C. The maximum atomic E-state index is 11.9. The normalized spacial score (nSPS) is 32.8. The van der Waals surface area contributed by atoms with Crippen LogP contribution in [0.2, 0.25) is 0 Å². The second kappa shape index (κ2) is 12.0. The third-order valence-corrected chi connectivity index (χ3v) is 11.3. The highest BCUT2D eigenvalue weighted by molar-refractivity contribution is 6.52. The molecular formula is C37H46O6. The molecule has 0 aromatic heterocycles. The van der Waals surface area contributed by atoms with Gasteiger partial charge in [-0.2, -0.15) is 0 Å². The van der Waals surface area contributed by atoms with Gasteiger partial charge in [0, 0.05) is 35.0 Å². The molecule has 0 radical (unpaired) electrons. The Bertz CT molecular complexity index is 1420. The molecule has 0 spiro atoms. The Kier molecular flexibility index (Phi) is 8.70. The number of aliphatic hydroxyl groups excluding tert-OH is 1. The van der Waals surface area contributed by atoms with Crippen molar-refractivity contribution in [2.45, 2.75) is 105 Å². The van der Waals surface area contributed by atoms with Crippen LogP contribution in [0.1, 0.15) is 115 Å². The predicted molar refractivity (Wildman–Crippen MR) is 166 cm³/mol. The van der Waals surface area contributed by atoms with E-state index in [0.29, 0.717) is 29.6 Å². The number of ketones is 3. The van der Waals surface area contributed by atoms with E-state index in [-0.39, 0.29) is 46.2 Å². The minimum absolute atomic E-state index is 0.0411. The first-order valence-electron chi connectivity index (χ1n) is 16.1. The van der Waals surface area contributed by atoms with E-state index in [2.05, 4.69) is 13.8 Å². The summed E-state index contributed by atoms with van der Waals surface area (Å²) in [7, 11) is 0. The molecule has 0 saturated heterocycles. The Morgan fingerprint density at radius 1 is 0.953 bits per heavy atom. The fraction of sp³-hybridized carbons (Fsp3) is 0.568. The molecule has 6 nitrogen and oxygen atoms in total. The van der Waals surface area contributed by atoms with Crippen molar-refractivity contribution in [3.8, 4) is 0 Å². The Labute approximate surface area is 255 Å². The Morgan fingerprint density at radius 3 is 2.37 bits per heavy atom. The van der Waals surface area contributed by atoms with Gasteiger partial charge in [0.25, 0.3) is 0 Å². The van der Waals surface area contributed by atoms with Crippen molar-refractivity contribution in [1.82, 2.24) is 0 Å². The zero-order chi connectivity index (χ0) is 31.1. The Balaban J connectivity index is 0.000000181. The van der Waals surface area contributed by atoms with Gasteiger partial charge in [-0.25, -0.2) is 0 Å². The summed E-state index contributed by atoms with van der Waals surface area (Å²) in [5, 5.41) is 10.1. The molecule has 1 aromatic carbocycles. The van der Waals surface area contributed by atoms with Gasteiger partial charge in [-0.1, -0.05) is 62.3 Å². The number of carbonyl (C=O) groups excluding carboxylic acids is 4. The van der Waals surface area contributed by atoms with Crippen LogP contribution >= 0.6 is 0 Å². The summed E-state index contributed by atoms with van der Waals surface area (Å²) < 4.78 is 5.86. The number of ether oxygens (including phenoxy) is 1. The molecule has 0 amide bonds. The van der Waals surface area contributed by atoms with Crippen LogP contribution in [0, 0.1) is 28.6 Å². The van der Waals surface area contributed by atoms with Crippen molar-refractivity contribution >= 4 is 29.1 Å². The lowest BCUT2D eigenvalue weighted by atomic mass is 9.47. The van der Waals surface area contributed by atoms with Crippen LogP contribution in [0.25, 0.3) is 5.76 Å². The summed E-state index contributed by atoms with van der Waals surface area (Å²) in [6, 6.07) is 6.62. The van der Waals surface area contributed by atoms with Crippen molar-refractivity contribution < 1.29 is 29.0 Å². The first-order chi connectivity index (χ1) is 20.4. The lowest BCUT2D eigenvalue weighted by molar-refractivity contribution is -0.159. The maximum absolute atomic E-state index is 11.9.